The van der Waals surface area contributed by atoms with Gasteiger partial charge < -0.3 is 0 Å². The first kappa shape index (κ1) is 13.9. The monoisotopic (exact) mass is 298 g/mol. The predicted molar refractivity (Wildman–Crippen MR) is 85.2 cm³/mol. The Hall–Kier alpha value is -1.75. The molecular formula is C17H22N4O. The Bertz CT molecular complexity index is 804. The molecule has 0 unspecified atom stereocenters. The molecule has 0 aromatic carbocycles. The van der Waals surface area contributed by atoms with Crippen molar-refractivity contribution in [3.8, 4) is 0 Å². The van der Waals surface area contributed by atoms with Crippen molar-refractivity contribution in [3.05, 3.63) is 39.1 Å². The maximum Gasteiger partial charge on any atom is 0.263 e. The molecule has 1 aliphatic carbocycles. The molecule has 2 aliphatic rings. The van der Waals surface area contributed by atoms with Crippen molar-refractivity contribution in [2.24, 2.45) is 0 Å². The number of hydrogen-bond acceptors (Lipinski definition) is 4. The second-order valence-electron chi connectivity index (χ2n) is 6.93. The molecule has 1 fully saturated rings. The Morgan fingerprint density at radius 3 is 2.73 bits per heavy atom. The van der Waals surface area contributed by atoms with E-state index >= 15 is 0 Å². The van der Waals surface area contributed by atoms with E-state index in [9.17, 15) is 4.79 Å². The van der Waals surface area contributed by atoms with E-state index in [0.29, 0.717) is 17.7 Å². The first-order valence-corrected chi connectivity index (χ1v) is 8.20. The van der Waals surface area contributed by atoms with Gasteiger partial charge in [-0.3, -0.25) is 14.1 Å². The number of fused-ring (bicyclic) bond motifs is 2. The third kappa shape index (κ3) is 2.15. The summed E-state index contributed by atoms with van der Waals surface area (Å²) in [5.41, 5.74) is 3.97. The van der Waals surface area contributed by atoms with Crippen LogP contribution in [0.1, 0.15) is 55.1 Å². The quantitative estimate of drug-likeness (QED) is 0.851. The summed E-state index contributed by atoms with van der Waals surface area (Å²) in [5, 5.41) is 0. The molecule has 22 heavy (non-hydrogen) atoms. The van der Waals surface area contributed by atoms with E-state index in [1.165, 1.54) is 12.8 Å². The van der Waals surface area contributed by atoms with Gasteiger partial charge in [-0.2, -0.15) is 0 Å². The molecule has 0 amide bonds. The van der Waals surface area contributed by atoms with Gasteiger partial charge >= 0.3 is 0 Å². The minimum Gasteiger partial charge on any atom is -0.295 e. The molecule has 2 aromatic heterocycles. The molecule has 0 bridgehead atoms. The van der Waals surface area contributed by atoms with Crippen LogP contribution in [0.2, 0.25) is 0 Å². The summed E-state index contributed by atoms with van der Waals surface area (Å²) < 4.78 is 1.64. The lowest BCUT2D eigenvalue weighted by Crippen LogP contribution is -2.38. The Morgan fingerprint density at radius 1 is 1.27 bits per heavy atom. The van der Waals surface area contributed by atoms with Crippen LogP contribution >= 0.6 is 0 Å². The molecule has 5 heteroatoms. The van der Waals surface area contributed by atoms with Crippen LogP contribution in [-0.2, 0) is 13.0 Å². The molecular weight excluding hydrogens is 276 g/mol. The van der Waals surface area contributed by atoms with Gasteiger partial charge in [0, 0.05) is 31.7 Å². The third-order valence-corrected chi connectivity index (χ3v) is 4.83. The molecule has 3 heterocycles. The highest BCUT2D eigenvalue weighted by Gasteiger charge is 2.33. The van der Waals surface area contributed by atoms with Crippen molar-refractivity contribution in [2.45, 2.75) is 58.5 Å². The maximum atomic E-state index is 12.9. The molecule has 0 saturated heterocycles. The van der Waals surface area contributed by atoms with Crippen LogP contribution in [0.15, 0.2) is 11.0 Å². The lowest BCUT2D eigenvalue weighted by atomic mass is 10.1. The maximum absolute atomic E-state index is 12.9. The van der Waals surface area contributed by atoms with E-state index in [-0.39, 0.29) is 5.56 Å². The van der Waals surface area contributed by atoms with Crippen molar-refractivity contribution in [1.29, 1.82) is 0 Å². The van der Waals surface area contributed by atoms with Crippen LogP contribution in [0, 0.1) is 6.92 Å². The first-order chi connectivity index (χ1) is 10.5. The molecule has 2 aromatic rings. The van der Waals surface area contributed by atoms with Gasteiger partial charge in [-0.05, 0) is 31.2 Å². The van der Waals surface area contributed by atoms with Gasteiger partial charge in [-0.1, -0.05) is 13.8 Å². The van der Waals surface area contributed by atoms with Crippen LogP contribution in [0.3, 0.4) is 0 Å². The molecule has 0 N–H and O–H groups in total. The minimum absolute atomic E-state index is 0.0660. The average molecular weight is 298 g/mol. The van der Waals surface area contributed by atoms with E-state index in [2.05, 4.69) is 23.7 Å². The van der Waals surface area contributed by atoms with Crippen LogP contribution in [0.25, 0.3) is 5.78 Å². The fourth-order valence-electron chi connectivity index (χ4n) is 3.49. The van der Waals surface area contributed by atoms with E-state index in [0.717, 1.165) is 42.0 Å². The van der Waals surface area contributed by atoms with Gasteiger partial charge in [-0.15, -0.1) is 0 Å². The van der Waals surface area contributed by atoms with Gasteiger partial charge in [0.15, 0.2) is 0 Å². The van der Waals surface area contributed by atoms with E-state index in [4.69, 9.17) is 4.98 Å². The van der Waals surface area contributed by atoms with Crippen molar-refractivity contribution in [3.63, 3.8) is 0 Å². The number of hydrogen-bond donors (Lipinski definition) is 0. The molecule has 116 valence electrons. The van der Waals surface area contributed by atoms with Gasteiger partial charge in [-0.25, -0.2) is 9.97 Å². The van der Waals surface area contributed by atoms with Gasteiger partial charge in [0.1, 0.15) is 0 Å². The molecule has 1 saturated carbocycles. The molecule has 5 nitrogen and oxygen atoms in total. The second-order valence-corrected chi connectivity index (χ2v) is 6.93. The highest BCUT2D eigenvalue weighted by atomic mass is 16.1. The summed E-state index contributed by atoms with van der Waals surface area (Å²) >= 11 is 0. The second kappa shape index (κ2) is 4.88. The van der Waals surface area contributed by atoms with Crippen molar-refractivity contribution in [1.82, 2.24) is 19.3 Å². The number of rotatable bonds is 2. The highest BCUT2D eigenvalue weighted by Crippen LogP contribution is 2.30. The van der Waals surface area contributed by atoms with Gasteiger partial charge in [0.2, 0.25) is 5.78 Å². The molecule has 4 rings (SSSR count). The van der Waals surface area contributed by atoms with Gasteiger partial charge in [0.05, 0.1) is 17.0 Å². The van der Waals surface area contributed by atoms with Gasteiger partial charge in [0.25, 0.3) is 5.56 Å². The lowest BCUT2D eigenvalue weighted by Gasteiger charge is -2.27. The zero-order valence-corrected chi connectivity index (χ0v) is 13.5. The first-order valence-electron chi connectivity index (χ1n) is 8.20. The zero-order valence-electron chi connectivity index (χ0n) is 13.5. The Kier molecular flexibility index (Phi) is 3.08. The van der Waals surface area contributed by atoms with Crippen LogP contribution in [-0.4, -0.2) is 31.9 Å². The Morgan fingerprint density at radius 2 is 2.05 bits per heavy atom. The smallest absolute Gasteiger partial charge is 0.263 e. The predicted octanol–water partition coefficient (Wildman–Crippen LogP) is 2.04. The van der Waals surface area contributed by atoms with E-state index in [1.54, 1.807) is 4.40 Å². The number of aromatic nitrogens is 3. The van der Waals surface area contributed by atoms with Crippen LogP contribution in [0.4, 0.5) is 0 Å². The summed E-state index contributed by atoms with van der Waals surface area (Å²) in [6, 6.07) is 0.691. The third-order valence-electron chi connectivity index (χ3n) is 4.83. The fraction of sp³-hybridized carbons (Fsp3) is 0.588. The summed E-state index contributed by atoms with van der Waals surface area (Å²) in [4.78, 5) is 24.6. The standard InChI is InChI=1S/C17H22N4O/c1-10(2)15-11(3)8-21-16(22)13-9-20(12-4-5-12)7-6-14(13)18-17(21)19-15/h8,10,12H,4-7,9H2,1-3H3. The largest absolute Gasteiger partial charge is 0.295 e. The molecule has 1 aliphatic heterocycles. The Balaban J connectivity index is 1.87. The topological polar surface area (TPSA) is 50.5 Å². The summed E-state index contributed by atoms with van der Waals surface area (Å²) in [7, 11) is 0. The number of aryl methyl sites for hydroxylation is 1. The zero-order chi connectivity index (χ0) is 15.4. The van der Waals surface area contributed by atoms with Crippen molar-refractivity contribution < 1.29 is 0 Å². The summed E-state index contributed by atoms with van der Waals surface area (Å²) in [5.74, 6) is 0.890. The lowest BCUT2D eigenvalue weighted by molar-refractivity contribution is 0.240. The Labute approximate surface area is 130 Å². The van der Waals surface area contributed by atoms with E-state index < -0.39 is 0 Å². The SMILES string of the molecule is Cc1cn2c(=O)c3c(nc2nc1C(C)C)CCN(C1CC1)C3. The van der Waals surface area contributed by atoms with Crippen molar-refractivity contribution >= 4 is 5.78 Å². The normalized spacial score (nSPS) is 18.9. The molecule has 0 atom stereocenters. The molecule has 0 spiro atoms. The number of nitrogens with zero attached hydrogens (tertiary/aromatic N) is 4. The minimum atomic E-state index is 0.0660. The van der Waals surface area contributed by atoms with Crippen molar-refractivity contribution in [2.75, 3.05) is 6.54 Å². The summed E-state index contributed by atoms with van der Waals surface area (Å²) in [6.07, 6.45) is 5.32. The van der Waals surface area contributed by atoms with Crippen LogP contribution in [0.5, 0.6) is 0 Å². The van der Waals surface area contributed by atoms with E-state index in [1.807, 2.05) is 13.1 Å². The fourth-order valence-corrected chi connectivity index (χ4v) is 3.49. The molecule has 0 radical (unpaired) electrons. The van der Waals surface area contributed by atoms with Crippen LogP contribution < -0.4 is 5.56 Å². The average Bonchev–Trinajstić information content (AvgIpc) is 3.32. The highest BCUT2D eigenvalue weighted by molar-refractivity contribution is 5.38. The summed E-state index contributed by atoms with van der Waals surface area (Å²) in [6.45, 7) is 8.03.